The van der Waals surface area contributed by atoms with Crippen LogP contribution in [0.15, 0.2) is 24.4 Å². The number of hydrogen-bond donors (Lipinski definition) is 1. The molecule has 0 aliphatic heterocycles. The summed E-state index contributed by atoms with van der Waals surface area (Å²) in [5, 5.41) is 0.853. The average molecular weight is 294 g/mol. The molecule has 19 heavy (non-hydrogen) atoms. The molecule has 4 nitrogen and oxygen atoms in total. The Kier molecular flexibility index (Phi) is 4.34. The van der Waals surface area contributed by atoms with Crippen molar-refractivity contribution in [3.63, 3.8) is 0 Å². The third kappa shape index (κ3) is 3.02. The van der Waals surface area contributed by atoms with Crippen LogP contribution in [0.5, 0.6) is 11.5 Å². The van der Waals surface area contributed by atoms with Gasteiger partial charge in [0.2, 0.25) is 0 Å². The van der Waals surface area contributed by atoms with E-state index in [-0.39, 0.29) is 0 Å². The highest BCUT2D eigenvalue weighted by molar-refractivity contribution is 7.81. The molecule has 0 saturated heterocycles. The highest BCUT2D eigenvalue weighted by Gasteiger charge is 2.10. The molecule has 0 fully saturated rings. The zero-order valence-electron chi connectivity index (χ0n) is 10.7. The van der Waals surface area contributed by atoms with Crippen molar-refractivity contribution in [2.75, 3.05) is 13.7 Å². The predicted molar refractivity (Wildman–Crippen MR) is 81.2 cm³/mol. The molecule has 2 N–H and O–H groups in total. The second kappa shape index (κ2) is 5.99. The number of aromatic nitrogens is 1. The van der Waals surface area contributed by atoms with E-state index in [0.29, 0.717) is 23.1 Å². The fraction of sp³-hybridized carbons (Fsp3) is 0.231. The molecule has 0 spiro atoms. The van der Waals surface area contributed by atoms with E-state index in [2.05, 4.69) is 4.98 Å². The molecule has 0 radical (unpaired) electrons. The second-order valence-electron chi connectivity index (χ2n) is 3.69. The summed E-state index contributed by atoms with van der Waals surface area (Å²) in [5.41, 5.74) is 6.54. The minimum Gasteiger partial charge on any atom is -0.493 e. The second-order valence-corrected chi connectivity index (χ2v) is 5.16. The van der Waals surface area contributed by atoms with Gasteiger partial charge in [0.05, 0.1) is 18.6 Å². The van der Waals surface area contributed by atoms with Crippen molar-refractivity contribution in [1.82, 2.24) is 4.98 Å². The van der Waals surface area contributed by atoms with Crippen LogP contribution >= 0.6 is 23.6 Å². The standard InChI is InChI=1S/C13H14N2O2S2/c1-3-17-10-6-8(4-5-9(10)16-2)13-15-7-11(19-13)12(14)18/h4-7H,3H2,1-2H3,(H2,14,18). The lowest BCUT2D eigenvalue weighted by molar-refractivity contribution is 0.311. The van der Waals surface area contributed by atoms with Crippen LogP contribution < -0.4 is 15.2 Å². The Morgan fingerprint density at radius 3 is 2.79 bits per heavy atom. The molecule has 2 aromatic rings. The van der Waals surface area contributed by atoms with Gasteiger partial charge in [0, 0.05) is 11.8 Å². The Balaban J connectivity index is 2.38. The van der Waals surface area contributed by atoms with E-state index in [1.807, 2.05) is 25.1 Å². The number of nitrogens with zero attached hydrogens (tertiary/aromatic N) is 1. The van der Waals surface area contributed by atoms with E-state index in [1.165, 1.54) is 11.3 Å². The Morgan fingerprint density at radius 2 is 2.21 bits per heavy atom. The molecule has 0 saturated carbocycles. The van der Waals surface area contributed by atoms with Gasteiger partial charge in [0.1, 0.15) is 10.00 Å². The molecule has 6 heteroatoms. The highest BCUT2D eigenvalue weighted by atomic mass is 32.1. The number of methoxy groups -OCH3 is 1. The van der Waals surface area contributed by atoms with Crippen molar-refractivity contribution in [1.29, 1.82) is 0 Å². The summed E-state index contributed by atoms with van der Waals surface area (Å²) in [6, 6.07) is 5.70. The number of rotatable bonds is 5. The average Bonchev–Trinajstić information content (AvgIpc) is 2.89. The van der Waals surface area contributed by atoms with Crippen LogP contribution in [-0.2, 0) is 0 Å². The van der Waals surface area contributed by atoms with Gasteiger partial charge in [-0.2, -0.15) is 0 Å². The van der Waals surface area contributed by atoms with Crippen LogP contribution in [0.4, 0.5) is 0 Å². The molecule has 1 aromatic heterocycles. The van der Waals surface area contributed by atoms with Gasteiger partial charge in [-0.05, 0) is 25.1 Å². The number of thiocarbonyl (C=S) groups is 1. The molecule has 100 valence electrons. The van der Waals surface area contributed by atoms with E-state index in [9.17, 15) is 0 Å². The Morgan fingerprint density at radius 1 is 1.42 bits per heavy atom. The van der Waals surface area contributed by atoms with Crippen LogP contribution in [0.25, 0.3) is 10.6 Å². The molecule has 0 aliphatic rings. The molecule has 2 rings (SSSR count). The van der Waals surface area contributed by atoms with Gasteiger partial charge >= 0.3 is 0 Å². The van der Waals surface area contributed by atoms with Gasteiger partial charge in [-0.3, -0.25) is 0 Å². The van der Waals surface area contributed by atoms with Gasteiger partial charge in [0.15, 0.2) is 11.5 Å². The molecular weight excluding hydrogens is 280 g/mol. The lowest BCUT2D eigenvalue weighted by Gasteiger charge is -2.09. The molecule has 0 amide bonds. The summed E-state index contributed by atoms with van der Waals surface area (Å²) in [6.45, 7) is 2.51. The van der Waals surface area contributed by atoms with Gasteiger partial charge in [0.25, 0.3) is 0 Å². The van der Waals surface area contributed by atoms with Crippen LogP contribution in [0.1, 0.15) is 11.8 Å². The van der Waals surface area contributed by atoms with E-state index in [0.717, 1.165) is 15.4 Å². The molecule has 1 aromatic carbocycles. The molecule has 0 atom stereocenters. The molecule has 0 aliphatic carbocycles. The third-order valence-electron chi connectivity index (χ3n) is 2.46. The highest BCUT2D eigenvalue weighted by Crippen LogP contribution is 2.34. The lowest BCUT2D eigenvalue weighted by Crippen LogP contribution is -2.06. The van der Waals surface area contributed by atoms with Gasteiger partial charge in [-0.1, -0.05) is 12.2 Å². The first-order chi connectivity index (χ1) is 9.15. The van der Waals surface area contributed by atoms with Crippen molar-refractivity contribution < 1.29 is 9.47 Å². The largest absolute Gasteiger partial charge is 0.493 e. The fourth-order valence-corrected chi connectivity index (χ4v) is 2.54. The molecule has 1 heterocycles. The van der Waals surface area contributed by atoms with Crippen LogP contribution in [0.2, 0.25) is 0 Å². The summed E-state index contributed by atoms with van der Waals surface area (Å²) in [4.78, 5) is 5.49. The number of hydrogen-bond acceptors (Lipinski definition) is 5. The van der Waals surface area contributed by atoms with Crippen LogP contribution in [0, 0.1) is 0 Å². The van der Waals surface area contributed by atoms with Gasteiger partial charge < -0.3 is 15.2 Å². The van der Waals surface area contributed by atoms with Gasteiger partial charge in [-0.25, -0.2) is 4.98 Å². The number of benzene rings is 1. The number of nitrogens with two attached hydrogens (primary N) is 1. The SMILES string of the molecule is CCOc1cc(-c2ncc(C(N)=S)s2)ccc1OC. The smallest absolute Gasteiger partial charge is 0.161 e. The first kappa shape index (κ1) is 13.8. The summed E-state index contributed by atoms with van der Waals surface area (Å²) >= 11 is 6.40. The number of ether oxygens (including phenoxy) is 2. The first-order valence-corrected chi connectivity index (χ1v) is 6.95. The van der Waals surface area contributed by atoms with Crippen molar-refractivity contribution >= 4 is 28.5 Å². The minimum atomic E-state index is 0.363. The zero-order chi connectivity index (χ0) is 13.8. The normalized spacial score (nSPS) is 10.2. The van der Waals surface area contributed by atoms with E-state index in [1.54, 1.807) is 13.3 Å². The van der Waals surface area contributed by atoms with E-state index in [4.69, 9.17) is 27.4 Å². The Hall–Kier alpha value is -1.66. The number of thiazole rings is 1. The summed E-state index contributed by atoms with van der Waals surface area (Å²) < 4.78 is 10.8. The molecular formula is C13H14N2O2S2. The van der Waals surface area contributed by atoms with Crippen LogP contribution in [0.3, 0.4) is 0 Å². The maximum absolute atomic E-state index is 5.59. The Bertz CT molecular complexity index is 596. The summed E-state index contributed by atoms with van der Waals surface area (Å²) in [5.74, 6) is 1.41. The van der Waals surface area contributed by atoms with Crippen molar-refractivity contribution in [2.45, 2.75) is 6.92 Å². The maximum Gasteiger partial charge on any atom is 0.161 e. The summed E-state index contributed by atoms with van der Waals surface area (Å²) in [7, 11) is 1.62. The summed E-state index contributed by atoms with van der Waals surface area (Å²) in [6.07, 6.45) is 1.69. The molecule has 0 bridgehead atoms. The quantitative estimate of drug-likeness (QED) is 0.859. The first-order valence-electron chi connectivity index (χ1n) is 5.72. The van der Waals surface area contributed by atoms with Gasteiger partial charge in [-0.15, -0.1) is 11.3 Å². The van der Waals surface area contributed by atoms with E-state index < -0.39 is 0 Å². The predicted octanol–water partition coefficient (Wildman–Crippen LogP) is 2.85. The van der Waals surface area contributed by atoms with E-state index >= 15 is 0 Å². The topological polar surface area (TPSA) is 57.4 Å². The fourth-order valence-electron chi connectivity index (χ4n) is 1.60. The maximum atomic E-state index is 5.59. The van der Waals surface area contributed by atoms with Crippen molar-refractivity contribution in [3.8, 4) is 22.1 Å². The van der Waals surface area contributed by atoms with Crippen LogP contribution in [-0.4, -0.2) is 23.7 Å². The Labute approximate surface area is 121 Å². The third-order valence-corrected chi connectivity index (χ3v) is 3.89. The zero-order valence-corrected chi connectivity index (χ0v) is 12.3. The lowest BCUT2D eigenvalue weighted by atomic mass is 10.2. The monoisotopic (exact) mass is 294 g/mol. The minimum absolute atomic E-state index is 0.363. The molecule has 0 unspecified atom stereocenters. The van der Waals surface area contributed by atoms with Crippen molar-refractivity contribution in [3.05, 3.63) is 29.3 Å². The van der Waals surface area contributed by atoms with Crippen molar-refractivity contribution in [2.24, 2.45) is 5.73 Å².